The van der Waals surface area contributed by atoms with Crippen molar-refractivity contribution in [2.75, 3.05) is 5.32 Å². The van der Waals surface area contributed by atoms with Gasteiger partial charge in [0, 0.05) is 31.0 Å². The van der Waals surface area contributed by atoms with Crippen LogP contribution in [0, 0.1) is 0 Å². The van der Waals surface area contributed by atoms with E-state index >= 15 is 0 Å². The van der Waals surface area contributed by atoms with E-state index in [0.29, 0.717) is 23.4 Å². The summed E-state index contributed by atoms with van der Waals surface area (Å²) in [4.78, 5) is 53.9. The molecule has 2 aromatic heterocycles. The largest absolute Gasteiger partial charge is 0.364 e. The molecule has 0 spiro atoms. The summed E-state index contributed by atoms with van der Waals surface area (Å²) < 4.78 is 2.42. The van der Waals surface area contributed by atoms with Crippen molar-refractivity contribution >= 4 is 17.4 Å². The number of aromatic nitrogens is 4. The summed E-state index contributed by atoms with van der Waals surface area (Å²) in [7, 11) is 0. The number of nitrogens with zero attached hydrogens (tertiary/aromatic N) is 2. The Morgan fingerprint density at radius 1 is 0.829 bits per heavy atom. The van der Waals surface area contributed by atoms with Gasteiger partial charge in [-0.25, -0.2) is 9.59 Å². The van der Waals surface area contributed by atoms with E-state index in [-0.39, 0.29) is 52.5 Å². The Labute approximate surface area is 241 Å². The summed E-state index contributed by atoms with van der Waals surface area (Å²) >= 11 is 6.02. The molecule has 0 aliphatic carbocycles. The average Bonchev–Trinajstić information content (AvgIpc) is 3.36. The second-order valence-corrected chi connectivity index (χ2v) is 11.0. The van der Waals surface area contributed by atoms with Crippen molar-refractivity contribution < 1.29 is 0 Å². The van der Waals surface area contributed by atoms with Crippen LogP contribution in [0.4, 0.5) is 5.82 Å². The number of benzene rings is 2. The molecule has 3 heterocycles. The van der Waals surface area contributed by atoms with Gasteiger partial charge in [0.25, 0.3) is 11.1 Å². The van der Waals surface area contributed by atoms with Crippen molar-refractivity contribution in [3.05, 3.63) is 130 Å². The molecule has 1 aliphatic rings. The molecule has 216 valence electrons. The molecule has 0 bridgehead atoms. The maximum Gasteiger partial charge on any atom is 0.330 e. The third-order valence-corrected chi connectivity index (χ3v) is 7.34. The van der Waals surface area contributed by atoms with Gasteiger partial charge in [0.15, 0.2) is 0 Å². The molecule has 2 aromatic carbocycles. The van der Waals surface area contributed by atoms with Crippen molar-refractivity contribution in [1.82, 2.24) is 19.1 Å². The smallest absolute Gasteiger partial charge is 0.330 e. The van der Waals surface area contributed by atoms with Crippen LogP contribution in [0.5, 0.6) is 0 Å². The zero-order valence-electron chi connectivity index (χ0n) is 23.5. The highest BCUT2D eigenvalue weighted by atomic mass is 35.5. The van der Waals surface area contributed by atoms with E-state index in [1.165, 1.54) is 4.57 Å². The fourth-order valence-corrected chi connectivity index (χ4v) is 5.17. The molecule has 5 N–H and O–H groups in total. The van der Waals surface area contributed by atoms with E-state index in [0.717, 1.165) is 15.7 Å². The van der Waals surface area contributed by atoms with Crippen molar-refractivity contribution in [1.29, 1.82) is 0 Å². The third kappa shape index (κ3) is 6.44. The van der Waals surface area contributed by atoms with E-state index in [4.69, 9.17) is 17.3 Å². The van der Waals surface area contributed by atoms with Crippen molar-refractivity contribution in [3.8, 4) is 0 Å². The maximum atomic E-state index is 12.4. The van der Waals surface area contributed by atoms with Gasteiger partial charge in [-0.05, 0) is 38.8 Å². The number of anilines is 1. The Morgan fingerprint density at radius 2 is 1.37 bits per heavy atom. The van der Waals surface area contributed by atoms with Crippen LogP contribution in [0.15, 0.2) is 79.8 Å². The molecule has 1 unspecified atom stereocenters. The van der Waals surface area contributed by atoms with Gasteiger partial charge < -0.3 is 11.1 Å². The van der Waals surface area contributed by atoms with Crippen LogP contribution in [-0.2, 0) is 12.8 Å². The van der Waals surface area contributed by atoms with Gasteiger partial charge in [0.05, 0.1) is 17.2 Å². The third-order valence-electron chi connectivity index (χ3n) is 7.02. The van der Waals surface area contributed by atoms with Crippen LogP contribution in [0.3, 0.4) is 0 Å². The number of nitrogens with two attached hydrogens (primary N) is 1. The van der Waals surface area contributed by atoms with Crippen molar-refractivity contribution in [2.45, 2.75) is 64.7 Å². The van der Waals surface area contributed by atoms with Gasteiger partial charge in [-0.15, -0.1) is 0 Å². The molecule has 4 aromatic rings. The minimum absolute atomic E-state index is 0.0394. The molecule has 10 nitrogen and oxygen atoms in total. The molecule has 2 atom stereocenters. The second kappa shape index (κ2) is 12.6. The van der Waals surface area contributed by atoms with E-state index in [2.05, 4.69) is 15.3 Å². The highest BCUT2D eigenvalue weighted by molar-refractivity contribution is 6.30. The molecule has 0 amide bonds. The van der Waals surface area contributed by atoms with Gasteiger partial charge in [-0.1, -0.05) is 72.3 Å². The lowest BCUT2D eigenvalue weighted by molar-refractivity contribution is 0.536. The van der Waals surface area contributed by atoms with E-state index in [1.807, 2.05) is 74.5 Å². The molecule has 41 heavy (non-hydrogen) atoms. The first-order valence-electron chi connectivity index (χ1n) is 13.5. The first kappa shape index (κ1) is 29.8. The fourth-order valence-electron chi connectivity index (χ4n) is 4.93. The first-order chi connectivity index (χ1) is 19.5. The van der Waals surface area contributed by atoms with E-state index in [9.17, 15) is 19.2 Å². The maximum absolute atomic E-state index is 12.4. The van der Waals surface area contributed by atoms with Crippen LogP contribution < -0.4 is 33.5 Å². The molecule has 5 rings (SSSR count). The topological polar surface area (TPSA) is 148 Å². The van der Waals surface area contributed by atoms with Gasteiger partial charge in [-0.2, -0.15) is 0 Å². The fraction of sp³-hybridized carbons (Fsp3) is 0.333. The zero-order valence-corrected chi connectivity index (χ0v) is 24.2. The summed E-state index contributed by atoms with van der Waals surface area (Å²) in [5, 5.41) is 3.29. The van der Waals surface area contributed by atoms with Crippen LogP contribution in [0.25, 0.3) is 0 Å². The van der Waals surface area contributed by atoms with Gasteiger partial charge in [0.2, 0.25) is 0 Å². The summed E-state index contributed by atoms with van der Waals surface area (Å²) in [6.07, 6.45) is 0.868. The lowest BCUT2D eigenvalue weighted by Gasteiger charge is -2.15. The Kier molecular flexibility index (Phi) is 9.14. The summed E-state index contributed by atoms with van der Waals surface area (Å²) in [5.74, 6) is 0.561. The van der Waals surface area contributed by atoms with Crippen LogP contribution >= 0.6 is 11.6 Å². The Morgan fingerprint density at radius 3 is 1.95 bits per heavy atom. The van der Waals surface area contributed by atoms with Crippen molar-refractivity contribution in [3.63, 3.8) is 0 Å². The number of rotatable bonds is 6. The zero-order chi connectivity index (χ0) is 29.8. The second-order valence-electron chi connectivity index (χ2n) is 10.6. The van der Waals surface area contributed by atoms with Crippen LogP contribution in [-0.4, -0.2) is 19.1 Å². The normalized spacial score (nSPS) is 14.8. The standard InChI is InChI=1S/C15H18ClN3O2.C15H17N3O2/c1-9(2)19-14(20)11(13(16)18-15(19)21)8-12(17)10-6-4-3-5-7-10;1-9(2)18-14(19)11-8-12(10-6-4-3-5-7-10)16-13(11)17-15(18)20/h3-7,9,12H,8,17H2,1-2H3,(H,18,21);3-7,9,12,16H,8H2,1-2H3,(H,17,20)/t;12-/m.0/s1. The number of halogens is 1. The van der Waals surface area contributed by atoms with Crippen LogP contribution in [0.1, 0.15) is 74.1 Å². The quantitative estimate of drug-likeness (QED) is 0.256. The monoisotopic (exact) mass is 578 g/mol. The van der Waals surface area contributed by atoms with E-state index in [1.54, 1.807) is 13.8 Å². The van der Waals surface area contributed by atoms with Crippen LogP contribution in [0.2, 0.25) is 5.15 Å². The molecule has 11 heteroatoms. The molecule has 0 saturated heterocycles. The van der Waals surface area contributed by atoms with Gasteiger partial charge >= 0.3 is 11.4 Å². The first-order valence-corrected chi connectivity index (χ1v) is 13.9. The predicted octanol–water partition coefficient (Wildman–Crippen LogP) is 3.84. The summed E-state index contributed by atoms with van der Waals surface area (Å²) in [6, 6.07) is 18.7. The minimum Gasteiger partial charge on any atom is -0.364 e. The predicted molar refractivity (Wildman–Crippen MR) is 162 cm³/mol. The highest BCUT2D eigenvalue weighted by Crippen LogP contribution is 2.30. The number of hydrogen-bond donors (Lipinski definition) is 4. The molecule has 1 aliphatic heterocycles. The number of hydrogen-bond acceptors (Lipinski definition) is 6. The molecule has 0 fully saturated rings. The molecule has 0 saturated carbocycles. The number of H-pyrrole nitrogens is 2. The minimum atomic E-state index is -0.503. The van der Waals surface area contributed by atoms with Gasteiger partial charge in [0.1, 0.15) is 11.0 Å². The molecular formula is C30H35ClN6O4. The SMILES string of the molecule is CC(C)n1c(=O)[nH]c(Cl)c(CC(N)c2ccccc2)c1=O.CC(C)n1c(=O)[nH]c2c(c1=O)C[C@@H](c1ccccc1)N2. The Bertz CT molecular complexity index is 1740. The summed E-state index contributed by atoms with van der Waals surface area (Å²) in [5.41, 5.74) is 7.71. The summed E-state index contributed by atoms with van der Waals surface area (Å²) in [6.45, 7) is 7.21. The number of fused-ring (bicyclic) bond motifs is 1. The molecule has 0 radical (unpaired) electrons. The van der Waals surface area contributed by atoms with Crippen molar-refractivity contribution in [2.24, 2.45) is 5.73 Å². The number of aromatic amines is 2. The lowest BCUT2D eigenvalue weighted by atomic mass is 10.0. The molecular weight excluding hydrogens is 544 g/mol. The lowest BCUT2D eigenvalue weighted by Crippen LogP contribution is -2.39. The van der Waals surface area contributed by atoms with Gasteiger partial charge in [-0.3, -0.25) is 28.7 Å². The Hall–Kier alpha value is -4.15. The Balaban J connectivity index is 0.000000189. The van der Waals surface area contributed by atoms with E-state index < -0.39 is 5.69 Å². The number of nitrogens with one attached hydrogen (secondary N) is 3. The highest BCUT2D eigenvalue weighted by Gasteiger charge is 2.27. The average molecular weight is 579 g/mol.